The van der Waals surface area contributed by atoms with Gasteiger partial charge in [-0.05, 0) is 24.3 Å². The summed E-state index contributed by atoms with van der Waals surface area (Å²) in [6.07, 6.45) is 1.42. The summed E-state index contributed by atoms with van der Waals surface area (Å²) in [5, 5.41) is 3.95. The number of rotatable bonds is 6. The maximum atomic E-state index is 12.1. The lowest BCUT2D eigenvalue weighted by Gasteiger charge is -2.10. The Balaban J connectivity index is 1.58. The van der Waals surface area contributed by atoms with Crippen LogP contribution in [0.5, 0.6) is 5.75 Å². The van der Waals surface area contributed by atoms with Gasteiger partial charge in [-0.2, -0.15) is 0 Å². The van der Waals surface area contributed by atoms with Crippen LogP contribution in [-0.2, 0) is 20.7 Å². The van der Waals surface area contributed by atoms with Crippen LogP contribution in [0.1, 0.15) is 5.56 Å². The van der Waals surface area contributed by atoms with Crippen molar-refractivity contribution in [1.82, 2.24) is 0 Å². The van der Waals surface area contributed by atoms with Crippen molar-refractivity contribution in [2.24, 2.45) is 0 Å². The van der Waals surface area contributed by atoms with E-state index in [9.17, 15) is 9.59 Å². The number of anilines is 1. The molecule has 0 unspecified atom stereocenters. The van der Waals surface area contributed by atoms with Crippen molar-refractivity contribution >= 4 is 63.3 Å². The van der Waals surface area contributed by atoms with Crippen LogP contribution in [0, 0.1) is 0 Å². The highest BCUT2D eigenvalue weighted by molar-refractivity contribution is 6.42. The van der Waals surface area contributed by atoms with Crippen molar-refractivity contribution in [3.05, 3.63) is 57.2 Å². The molecule has 0 saturated carbocycles. The molecular weight excluding hydrogens is 429 g/mol. The van der Waals surface area contributed by atoms with E-state index in [4.69, 9.17) is 48.7 Å². The van der Waals surface area contributed by atoms with Gasteiger partial charge in [0.05, 0.1) is 35.5 Å². The molecule has 0 fully saturated rings. The van der Waals surface area contributed by atoms with E-state index >= 15 is 0 Å². The summed E-state index contributed by atoms with van der Waals surface area (Å²) in [5.74, 6) is -0.518. The van der Waals surface area contributed by atoms with Crippen LogP contribution in [0.2, 0.25) is 15.1 Å². The fourth-order valence-corrected chi connectivity index (χ4v) is 3.43. The van der Waals surface area contributed by atoms with E-state index in [0.29, 0.717) is 21.9 Å². The molecule has 1 heterocycles. The van der Waals surface area contributed by atoms with Crippen molar-refractivity contribution in [3.8, 4) is 5.75 Å². The summed E-state index contributed by atoms with van der Waals surface area (Å²) >= 11 is 17.8. The van der Waals surface area contributed by atoms with Crippen LogP contribution < -0.4 is 10.1 Å². The molecule has 2 aromatic carbocycles. The van der Waals surface area contributed by atoms with Gasteiger partial charge in [0.1, 0.15) is 11.3 Å². The Bertz CT molecular complexity index is 1020. The first-order valence-electron chi connectivity index (χ1n) is 8.01. The standard InChI is InChI=1S/C19H14Cl3NO5/c1-26-12-2-3-13-10(8-27-16(13)7-12)4-18(25)28-9-17(24)23-19-14(21)5-11(20)6-15(19)22/h2-3,5-8H,4,9H2,1H3,(H,23,24). The lowest BCUT2D eigenvalue weighted by molar-refractivity contribution is -0.146. The molecule has 3 rings (SSSR count). The molecule has 0 bridgehead atoms. The van der Waals surface area contributed by atoms with Crippen molar-refractivity contribution < 1.29 is 23.5 Å². The maximum absolute atomic E-state index is 12.1. The molecule has 0 radical (unpaired) electrons. The lowest BCUT2D eigenvalue weighted by Crippen LogP contribution is -2.22. The number of hydrogen-bond donors (Lipinski definition) is 1. The van der Waals surface area contributed by atoms with Crippen LogP contribution >= 0.6 is 34.8 Å². The Labute approximate surface area is 175 Å². The Morgan fingerprint density at radius 3 is 2.50 bits per heavy atom. The SMILES string of the molecule is COc1ccc2c(CC(=O)OCC(=O)Nc3c(Cl)cc(Cl)cc3Cl)coc2c1. The van der Waals surface area contributed by atoms with Gasteiger partial charge in [0.2, 0.25) is 0 Å². The molecule has 146 valence electrons. The minimum Gasteiger partial charge on any atom is -0.497 e. The Morgan fingerprint density at radius 2 is 1.82 bits per heavy atom. The largest absolute Gasteiger partial charge is 0.497 e. The van der Waals surface area contributed by atoms with E-state index in [2.05, 4.69) is 5.32 Å². The van der Waals surface area contributed by atoms with Gasteiger partial charge in [-0.25, -0.2) is 0 Å². The highest BCUT2D eigenvalue weighted by Gasteiger charge is 2.15. The topological polar surface area (TPSA) is 77.8 Å². The van der Waals surface area contributed by atoms with Gasteiger partial charge >= 0.3 is 5.97 Å². The molecule has 0 atom stereocenters. The van der Waals surface area contributed by atoms with Gasteiger partial charge in [0, 0.05) is 22.0 Å². The van der Waals surface area contributed by atoms with Crippen LogP contribution in [0.15, 0.2) is 41.0 Å². The second-order valence-corrected chi connectivity index (χ2v) is 7.00. The molecule has 0 spiro atoms. The van der Waals surface area contributed by atoms with Crippen LogP contribution in [0.25, 0.3) is 11.0 Å². The number of hydrogen-bond acceptors (Lipinski definition) is 5. The minimum atomic E-state index is -0.582. The number of ether oxygens (including phenoxy) is 2. The number of carbonyl (C=O) groups is 2. The molecule has 28 heavy (non-hydrogen) atoms. The highest BCUT2D eigenvalue weighted by Crippen LogP contribution is 2.33. The number of benzene rings is 2. The molecule has 6 nitrogen and oxygen atoms in total. The predicted molar refractivity (Wildman–Crippen MR) is 108 cm³/mol. The Morgan fingerprint density at radius 1 is 1.11 bits per heavy atom. The number of fused-ring (bicyclic) bond motifs is 1. The minimum absolute atomic E-state index is 0.0466. The zero-order chi connectivity index (χ0) is 20.3. The molecule has 1 N–H and O–H groups in total. The fourth-order valence-electron chi connectivity index (χ4n) is 2.52. The third-order valence-corrected chi connectivity index (χ3v) is 4.65. The predicted octanol–water partition coefficient (Wildman–Crippen LogP) is 5.13. The number of amides is 1. The monoisotopic (exact) mass is 441 g/mol. The van der Waals surface area contributed by atoms with E-state index < -0.39 is 18.5 Å². The molecule has 0 aliphatic rings. The average molecular weight is 443 g/mol. The first-order valence-corrected chi connectivity index (χ1v) is 9.15. The molecule has 0 aliphatic carbocycles. The summed E-state index contributed by atoms with van der Waals surface area (Å²) in [6, 6.07) is 8.15. The Kier molecular flexibility index (Phi) is 6.34. The molecule has 0 saturated heterocycles. The number of esters is 1. The number of halogens is 3. The molecular formula is C19H14Cl3NO5. The molecule has 1 aromatic heterocycles. The van der Waals surface area contributed by atoms with Gasteiger partial charge in [-0.15, -0.1) is 0 Å². The van der Waals surface area contributed by atoms with Gasteiger partial charge in [0.25, 0.3) is 5.91 Å². The van der Waals surface area contributed by atoms with Gasteiger partial charge in [0.15, 0.2) is 6.61 Å². The Hall–Kier alpha value is -2.41. The van der Waals surface area contributed by atoms with Crippen LogP contribution in [-0.4, -0.2) is 25.6 Å². The van der Waals surface area contributed by atoms with E-state index in [-0.39, 0.29) is 22.2 Å². The summed E-state index contributed by atoms with van der Waals surface area (Å²) in [7, 11) is 1.55. The third kappa shape index (κ3) is 4.70. The van der Waals surface area contributed by atoms with Crippen molar-refractivity contribution in [2.45, 2.75) is 6.42 Å². The van der Waals surface area contributed by atoms with Crippen molar-refractivity contribution in [2.75, 3.05) is 19.0 Å². The lowest BCUT2D eigenvalue weighted by atomic mass is 10.1. The number of methoxy groups -OCH3 is 1. The quantitative estimate of drug-likeness (QED) is 0.536. The van der Waals surface area contributed by atoms with Gasteiger partial charge in [-0.1, -0.05) is 34.8 Å². The van der Waals surface area contributed by atoms with E-state index in [1.54, 1.807) is 25.3 Å². The molecule has 1 amide bonds. The number of carbonyl (C=O) groups excluding carboxylic acids is 2. The second-order valence-electron chi connectivity index (χ2n) is 5.75. The van der Waals surface area contributed by atoms with Crippen LogP contribution in [0.4, 0.5) is 5.69 Å². The second kappa shape index (κ2) is 8.73. The maximum Gasteiger partial charge on any atom is 0.310 e. The van der Waals surface area contributed by atoms with Gasteiger partial charge in [-0.3, -0.25) is 9.59 Å². The fraction of sp³-hybridized carbons (Fsp3) is 0.158. The summed E-state index contributed by atoms with van der Waals surface area (Å²) < 4.78 is 15.6. The zero-order valence-electron chi connectivity index (χ0n) is 14.6. The van der Waals surface area contributed by atoms with Gasteiger partial charge < -0.3 is 19.2 Å². The molecule has 9 heteroatoms. The number of nitrogens with one attached hydrogen (secondary N) is 1. The third-order valence-electron chi connectivity index (χ3n) is 3.83. The summed E-state index contributed by atoms with van der Waals surface area (Å²) in [5.41, 5.74) is 1.43. The van der Waals surface area contributed by atoms with Crippen LogP contribution in [0.3, 0.4) is 0 Å². The van der Waals surface area contributed by atoms with E-state index in [1.807, 2.05) is 0 Å². The first-order chi connectivity index (χ1) is 13.4. The first kappa shape index (κ1) is 20.3. The highest BCUT2D eigenvalue weighted by atomic mass is 35.5. The normalized spacial score (nSPS) is 10.7. The summed E-state index contributed by atoms with van der Waals surface area (Å²) in [6.45, 7) is -0.488. The van der Waals surface area contributed by atoms with Crippen molar-refractivity contribution in [1.29, 1.82) is 0 Å². The van der Waals surface area contributed by atoms with E-state index in [1.165, 1.54) is 18.4 Å². The zero-order valence-corrected chi connectivity index (χ0v) is 16.8. The summed E-state index contributed by atoms with van der Waals surface area (Å²) in [4.78, 5) is 24.1. The van der Waals surface area contributed by atoms with E-state index in [0.717, 1.165) is 5.39 Å². The van der Waals surface area contributed by atoms with Crippen molar-refractivity contribution in [3.63, 3.8) is 0 Å². The smallest absolute Gasteiger partial charge is 0.310 e. The average Bonchev–Trinajstić information content (AvgIpc) is 3.04. The molecule has 0 aliphatic heterocycles. The number of furan rings is 1. The molecule has 3 aromatic rings.